The van der Waals surface area contributed by atoms with Crippen LogP contribution in [0.15, 0.2) is 30.6 Å². The van der Waals surface area contributed by atoms with Crippen LogP contribution in [-0.4, -0.2) is 58.3 Å². The Morgan fingerprint density at radius 3 is 3.04 bits per heavy atom. The van der Waals surface area contributed by atoms with E-state index >= 15 is 0 Å². The first-order valence-corrected chi connectivity index (χ1v) is 9.80. The van der Waals surface area contributed by atoms with E-state index in [4.69, 9.17) is 4.74 Å². The number of ether oxygens (including phenoxy) is 1. The Hall–Kier alpha value is -2.29. The summed E-state index contributed by atoms with van der Waals surface area (Å²) in [6.45, 7) is 2.48. The van der Waals surface area contributed by atoms with Crippen molar-refractivity contribution in [2.24, 2.45) is 0 Å². The molecule has 1 aromatic heterocycles. The van der Waals surface area contributed by atoms with Crippen molar-refractivity contribution in [3.05, 3.63) is 36.4 Å². The molecule has 2 aromatic rings. The Labute approximate surface area is 155 Å². The number of halogens is 1. The minimum Gasteiger partial charge on any atom is -0.442 e. The Kier molecular flexibility index (Phi) is 4.96. The zero-order valence-electron chi connectivity index (χ0n) is 14.3. The average Bonchev–Trinajstić information content (AvgIpc) is 3.17. The van der Waals surface area contributed by atoms with E-state index in [1.165, 1.54) is 11.0 Å². The molecule has 9 heteroatoms. The van der Waals surface area contributed by atoms with E-state index in [0.29, 0.717) is 24.5 Å². The molecule has 26 heavy (non-hydrogen) atoms. The molecule has 3 heterocycles. The largest absolute Gasteiger partial charge is 0.442 e. The summed E-state index contributed by atoms with van der Waals surface area (Å²) in [5.41, 5.74) is 1.12. The average molecular weight is 377 g/mol. The van der Waals surface area contributed by atoms with Crippen LogP contribution in [0.3, 0.4) is 0 Å². The topological polar surface area (TPSA) is 63.5 Å². The van der Waals surface area contributed by atoms with Crippen LogP contribution in [0, 0.1) is 5.82 Å². The molecule has 7 nitrogen and oxygen atoms in total. The van der Waals surface area contributed by atoms with Gasteiger partial charge < -0.3 is 9.64 Å². The van der Waals surface area contributed by atoms with Crippen LogP contribution in [-0.2, 0) is 11.3 Å². The van der Waals surface area contributed by atoms with Gasteiger partial charge in [0, 0.05) is 25.0 Å². The number of aromatic nitrogens is 3. The lowest BCUT2D eigenvalue weighted by atomic mass is 10.2. The molecule has 0 aliphatic carbocycles. The smallest absolute Gasteiger partial charge is 0.414 e. The van der Waals surface area contributed by atoms with Crippen molar-refractivity contribution in [3.63, 3.8) is 0 Å². The van der Waals surface area contributed by atoms with Gasteiger partial charge in [0.15, 0.2) is 0 Å². The second-order valence-electron chi connectivity index (χ2n) is 6.33. The molecule has 2 aliphatic heterocycles. The Bertz CT molecular complexity index is 765. The van der Waals surface area contributed by atoms with Crippen LogP contribution in [0.25, 0.3) is 0 Å². The highest BCUT2D eigenvalue weighted by molar-refractivity contribution is 7.99. The Morgan fingerprint density at radius 2 is 2.23 bits per heavy atom. The molecule has 2 aliphatic rings. The van der Waals surface area contributed by atoms with Gasteiger partial charge in [-0.25, -0.2) is 13.9 Å². The summed E-state index contributed by atoms with van der Waals surface area (Å²) in [6, 6.07) is 4.97. The summed E-state index contributed by atoms with van der Waals surface area (Å²) in [7, 11) is 0. The molecule has 1 unspecified atom stereocenters. The summed E-state index contributed by atoms with van der Waals surface area (Å²) in [4.78, 5) is 15.7. The summed E-state index contributed by atoms with van der Waals surface area (Å²) in [5, 5.41) is 7.61. The highest BCUT2D eigenvalue weighted by Crippen LogP contribution is 2.29. The molecule has 4 rings (SSSR count). The normalized spacial score (nSPS) is 21.0. The number of nitrogens with zero attached hydrogens (tertiary/aromatic N) is 5. The molecule has 1 amide bonds. The van der Waals surface area contributed by atoms with E-state index in [0.717, 1.165) is 31.0 Å². The summed E-state index contributed by atoms with van der Waals surface area (Å²) in [5.74, 6) is 1.81. The van der Waals surface area contributed by atoms with Crippen LogP contribution in [0.5, 0.6) is 0 Å². The third kappa shape index (κ3) is 3.62. The van der Waals surface area contributed by atoms with E-state index < -0.39 is 6.09 Å². The summed E-state index contributed by atoms with van der Waals surface area (Å²) < 4.78 is 21.7. The molecule has 2 saturated heterocycles. The van der Waals surface area contributed by atoms with Gasteiger partial charge in [0.2, 0.25) is 0 Å². The van der Waals surface area contributed by atoms with Crippen molar-refractivity contribution < 1.29 is 13.9 Å². The van der Waals surface area contributed by atoms with E-state index in [1.807, 2.05) is 11.8 Å². The first-order valence-electron chi connectivity index (χ1n) is 8.65. The van der Waals surface area contributed by atoms with Crippen molar-refractivity contribution in [3.8, 4) is 0 Å². The summed E-state index contributed by atoms with van der Waals surface area (Å²) >= 11 is 1.90. The van der Waals surface area contributed by atoms with Crippen molar-refractivity contribution in [2.75, 3.05) is 40.9 Å². The maximum Gasteiger partial charge on any atom is 0.414 e. The number of hydrogen-bond donors (Lipinski definition) is 0. The van der Waals surface area contributed by atoms with E-state index in [9.17, 15) is 9.18 Å². The lowest BCUT2D eigenvalue weighted by Crippen LogP contribution is -2.28. The number of amides is 1. The molecule has 0 radical (unpaired) electrons. The van der Waals surface area contributed by atoms with E-state index in [2.05, 4.69) is 15.2 Å². The van der Waals surface area contributed by atoms with Crippen LogP contribution in [0.4, 0.5) is 20.6 Å². The maximum absolute atomic E-state index is 14.7. The number of rotatable bonds is 4. The number of anilines is 2. The van der Waals surface area contributed by atoms with Crippen LogP contribution in [0.1, 0.15) is 6.42 Å². The van der Waals surface area contributed by atoms with Gasteiger partial charge in [0.05, 0.1) is 30.7 Å². The molecule has 0 spiro atoms. The van der Waals surface area contributed by atoms with Crippen molar-refractivity contribution in [2.45, 2.75) is 19.1 Å². The number of carbonyl (C=O) groups is 1. The highest BCUT2D eigenvalue weighted by atomic mass is 32.2. The fourth-order valence-electron chi connectivity index (χ4n) is 3.27. The van der Waals surface area contributed by atoms with Crippen molar-refractivity contribution >= 4 is 29.2 Å². The van der Waals surface area contributed by atoms with Gasteiger partial charge in [-0.05, 0) is 30.4 Å². The van der Waals surface area contributed by atoms with Crippen molar-refractivity contribution in [1.82, 2.24) is 15.0 Å². The van der Waals surface area contributed by atoms with Gasteiger partial charge >= 0.3 is 6.09 Å². The second kappa shape index (κ2) is 7.53. The molecule has 0 bridgehead atoms. The van der Waals surface area contributed by atoms with Gasteiger partial charge in [-0.2, -0.15) is 11.8 Å². The molecule has 1 atom stereocenters. The molecule has 0 saturated carbocycles. The first kappa shape index (κ1) is 17.1. The minimum absolute atomic E-state index is 0.304. The Morgan fingerprint density at radius 1 is 1.31 bits per heavy atom. The van der Waals surface area contributed by atoms with Crippen molar-refractivity contribution in [1.29, 1.82) is 0 Å². The standard InChI is InChI=1S/C17H20FN5O2S/c18-15-10-13(2-3-16(15)21-5-1-8-26-9-7-21)23-12-14(25-17(23)24)11-22-6-4-19-20-22/h2-4,6,10,14H,1,5,7-9,11-12H2. The Balaban J connectivity index is 1.47. The number of carbonyl (C=O) groups excluding carboxylic acids is 1. The number of hydrogen-bond acceptors (Lipinski definition) is 6. The molecule has 1 aromatic carbocycles. The third-order valence-corrected chi connectivity index (χ3v) is 5.59. The van der Waals surface area contributed by atoms with E-state index in [-0.39, 0.29) is 11.9 Å². The van der Waals surface area contributed by atoms with Crippen LogP contribution < -0.4 is 9.80 Å². The quantitative estimate of drug-likeness (QED) is 0.815. The number of benzene rings is 1. The van der Waals surface area contributed by atoms with Crippen LogP contribution >= 0.6 is 11.8 Å². The molecular formula is C17H20FN5O2S. The predicted octanol–water partition coefficient (Wildman–Crippen LogP) is 2.39. The monoisotopic (exact) mass is 377 g/mol. The second-order valence-corrected chi connectivity index (χ2v) is 7.55. The number of cyclic esters (lactones) is 1. The van der Waals surface area contributed by atoms with Gasteiger partial charge in [0.1, 0.15) is 11.9 Å². The molecule has 138 valence electrons. The minimum atomic E-state index is -0.464. The van der Waals surface area contributed by atoms with Gasteiger partial charge in [-0.15, -0.1) is 5.10 Å². The SMILES string of the molecule is O=C1OC(Cn2ccnn2)CN1c1ccc(N2CCCSCC2)c(F)c1. The fraction of sp³-hybridized carbons (Fsp3) is 0.471. The van der Waals surface area contributed by atoms with E-state index in [1.54, 1.807) is 29.2 Å². The lowest BCUT2D eigenvalue weighted by molar-refractivity contribution is 0.129. The first-order chi connectivity index (χ1) is 12.7. The predicted molar refractivity (Wildman–Crippen MR) is 98.2 cm³/mol. The summed E-state index contributed by atoms with van der Waals surface area (Å²) in [6.07, 6.45) is 3.53. The zero-order chi connectivity index (χ0) is 17.9. The van der Waals surface area contributed by atoms with Gasteiger partial charge in [-0.3, -0.25) is 4.90 Å². The lowest BCUT2D eigenvalue weighted by Gasteiger charge is -2.24. The van der Waals surface area contributed by atoms with Gasteiger partial charge in [-0.1, -0.05) is 5.21 Å². The third-order valence-electron chi connectivity index (χ3n) is 4.54. The fourth-order valence-corrected chi connectivity index (χ4v) is 4.16. The van der Waals surface area contributed by atoms with Gasteiger partial charge in [0.25, 0.3) is 0 Å². The highest BCUT2D eigenvalue weighted by Gasteiger charge is 2.33. The number of thioether (sulfide) groups is 1. The maximum atomic E-state index is 14.7. The molecular weight excluding hydrogens is 357 g/mol. The zero-order valence-corrected chi connectivity index (χ0v) is 15.1. The van der Waals surface area contributed by atoms with Crippen LogP contribution in [0.2, 0.25) is 0 Å². The molecule has 0 N–H and O–H groups in total. The molecule has 2 fully saturated rings.